The molecule has 0 saturated heterocycles. The predicted molar refractivity (Wildman–Crippen MR) is 63.6 cm³/mol. The quantitative estimate of drug-likeness (QED) is 0.696. The third-order valence-corrected chi connectivity index (χ3v) is 2.70. The molecule has 10 heteroatoms. The Morgan fingerprint density at radius 2 is 2.05 bits per heavy atom. The molecule has 5 nitrogen and oxygen atoms in total. The fourth-order valence-corrected chi connectivity index (χ4v) is 1.69. The van der Waals surface area contributed by atoms with Gasteiger partial charge in [-0.1, -0.05) is 11.6 Å². The van der Waals surface area contributed by atoms with Crippen molar-refractivity contribution in [3.05, 3.63) is 23.2 Å². The molecule has 0 atom stereocenters. The van der Waals surface area contributed by atoms with Crippen LogP contribution in [0.2, 0.25) is 5.02 Å². The molecule has 0 bridgehead atoms. The summed E-state index contributed by atoms with van der Waals surface area (Å²) in [7, 11) is 0. The lowest BCUT2D eigenvalue weighted by molar-refractivity contribution is -0.139. The molecule has 0 radical (unpaired) electrons. The molecule has 1 aromatic heterocycles. The van der Waals surface area contributed by atoms with Gasteiger partial charge in [0.2, 0.25) is 0 Å². The number of nitrogens with zero attached hydrogens (tertiary/aromatic N) is 4. The predicted octanol–water partition coefficient (Wildman–Crippen LogP) is 2.48. The zero-order valence-corrected chi connectivity index (χ0v) is 10.5. The minimum absolute atomic E-state index is 0.139. The van der Waals surface area contributed by atoms with E-state index in [1.807, 2.05) is 0 Å². The van der Waals surface area contributed by atoms with Crippen molar-refractivity contribution in [1.29, 1.82) is 0 Å². The summed E-state index contributed by atoms with van der Waals surface area (Å²) in [6.07, 6.45) is -3.82. The van der Waals surface area contributed by atoms with Crippen molar-refractivity contribution in [2.24, 2.45) is 0 Å². The van der Waals surface area contributed by atoms with Crippen molar-refractivity contribution in [1.82, 2.24) is 20.2 Å². The summed E-state index contributed by atoms with van der Waals surface area (Å²) in [5.74, 6) is -4.38. The molecule has 0 saturated carbocycles. The zero-order valence-electron chi connectivity index (χ0n) is 9.77. The van der Waals surface area contributed by atoms with E-state index in [2.05, 4.69) is 15.5 Å². The number of hydrogen-bond donors (Lipinski definition) is 1. The van der Waals surface area contributed by atoms with Crippen molar-refractivity contribution < 1.29 is 17.6 Å². The number of nitrogen functional groups attached to an aromatic ring is 1. The van der Waals surface area contributed by atoms with E-state index in [1.165, 1.54) is 18.2 Å². The highest BCUT2D eigenvalue weighted by Crippen LogP contribution is 2.29. The van der Waals surface area contributed by atoms with Gasteiger partial charge in [-0.05, 0) is 28.6 Å². The molecule has 0 unspecified atom stereocenters. The van der Waals surface area contributed by atoms with Crippen molar-refractivity contribution in [3.63, 3.8) is 0 Å². The highest BCUT2D eigenvalue weighted by Gasteiger charge is 2.42. The first-order chi connectivity index (χ1) is 9.31. The van der Waals surface area contributed by atoms with Crippen molar-refractivity contribution in [2.45, 2.75) is 18.9 Å². The van der Waals surface area contributed by atoms with E-state index in [0.717, 1.165) is 0 Å². The first-order valence-corrected chi connectivity index (χ1v) is 5.66. The maximum atomic E-state index is 13.1. The van der Waals surface area contributed by atoms with E-state index >= 15 is 0 Å². The normalized spacial score (nSPS) is 12.1. The fraction of sp³-hybridized carbons (Fsp3) is 0.300. The summed E-state index contributed by atoms with van der Waals surface area (Å²) in [6.45, 7) is -1.35. The Hall–Kier alpha value is -1.90. The third-order valence-electron chi connectivity index (χ3n) is 2.47. The summed E-state index contributed by atoms with van der Waals surface area (Å²) >= 11 is 5.71. The van der Waals surface area contributed by atoms with Crippen molar-refractivity contribution >= 4 is 17.3 Å². The van der Waals surface area contributed by atoms with Gasteiger partial charge >= 0.3 is 12.3 Å². The van der Waals surface area contributed by atoms with Gasteiger partial charge < -0.3 is 5.73 Å². The summed E-state index contributed by atoms with van der Waals surface area (Å²) in [5.41, 5.74) is 6.05. The molecule has 1 aromatic carbocycles. The van der Waals surface area contributed by atoms with Gasteiger partial charge in [-0.25, -0.2) is 13.5 Å². The Morgan fingerprint density at radius 3 is 2.65 bits per heavy atom. The topological polar surface area (TPSA) is 69.6 Å². The SMILES string of the molecule is Nc1cc(Cl)ccc1-c1nnnn1CC(F)(F)C(F)F. The molecule has 1 heterocycles. The first-order valence-electron chi connectivity index (χ1n) is 5.29. The number of rotatable bonds is 4. The van der Waals surface area contributed by atoms with Crippen LogP contribution in [-0.4, -0.2) is 32.6 Å². The molecule has 2 N–H and O–H groups in total. The lowest BCUT2D eigenvalue weighted by Crippen LogP contribution is -2.32. The van der Waals surface area contributed by atoms with Crippen LogP contribution in [0, 0.1) is 0 Å². The largest absolute Gasteiger partial charge is 0.398 e. The van der Waals surface area contributed by atoms with Crippen LogP contribution in [-0.2, 0) is 6.54 Å². The van der Waals surface area contributed by atoms with E-state index in [-0.39, 0.29) is 17.1 Å². The minimum Gasteiger partial charge on any atom is -0.398 e. The molecule has 0 spiro atoms. The highest BCUT2D eigenvalue weighted by atomic mass is 35.5. The zero-order chi connectivity index (χ0) is 14.9. The van der Waals surface area contributed by atoms with Gasteiger partial charge in [0.25, 0.3) is 0 Å². The number of anilines is 1. The fourth-order valence-electron chi connectivity index (χ4n) is 1.51. The van der Waals surface area contributed by atoms with Crippen molar-refractivity contribution in [2.75, 3.05) is 5.73 Å². The Kier molecular flexibility index (Phi) is 3.80. The van der Waals surface area contributed by atoms with Gasteiger partial charge in [-0.3, -0.25) is 0 Å². The molecule has 20 heavy (non-hydrogen) atoms. The average molecular weight is 310 g/mol. The minimum atomic E-state index is -4.24. The van der Waals surface area contributed by atoms with Gasteiger partial charge in [-0.15, -0.1) is 5.10 Å². The number of benzene rings is 1. The van der Waals surface area contributed by atoms with E-state index in [0.29, 0.717) is 9.70 Å². The number of alkyl halides is 4. The number of tetrazole rings is 1. The Bertz CT molecular complexity index is 615. The second-order valence-electron chi connectivity index (χ2n) is 3.95. The Morgan fingerprint density at radius 1 is 1.35 bits per heavy atom. The van der Waals surface area contributed by atoms with E-state index in [9.17, 15) is 17.6 Å². The summed E-state index contributed by atoms with van der Waals surface area (Å²) in [4.78, 5) is 0. The summed E-state index contributed by atoms with van der Waals surface area (Å²) < 4.78 is 51.1. The van der Waals surface area contributed by atoms with E-state index < -0.39 is 18.9 Å². The molecule has 0 aliphatic heterocycles. The molecule has 0 fully saturated rings. The van der Waals surface area contributed by atoms with E-state index in [4.69, 9.17) is 17.3 Å². The number of aromatic nitrogens is 4. The number of hydrogen-bond acceptors (Lipinski definition) is 4. The Balaban J connectivity index is 2.38. The van der Waals surface area contributed by atoms with Crippen LogP contribution in [0.1, 0.15) is 0 Å². The van der Waals surface area contributed by atoms with Gasteiger partial charge in [0.1, 0.15) is 6.54 Å². The number of nitrogens with two attached hydrogens (primary N) is 1. The van der Waals surface area contributed by atoms with Crippen molar-refractivity contribution in [3.8, 4) is 11.4 Å². The van der Waals surface area contributed by atoms with Gasteiger partial charge in [0.05, 0.1) is 0 Å². The molecule has 108 valence electrons. The van der Waals surface area contributed by atoms with E-state index in [1.54, 1.807) is 0 Å². The van der Waals surface area contributed by atoms with Crippen LogP contribution >= 0.6 is 11.6 Å². The molecular formula is C10H8ClF4N5. The summed E-state index contributed by atoms with van der Waals surface area (Å²) in [5, 5.41) is 10.3. The lowest BCUT2D eigenvalue weighted by Gasteiger charge is -2.15. The molecule has 0 amide bonds. The van der Waals surface area contributed by atoms with Crippen LogP contribution in [0.15, 0.2) is 18.2 Å². The monoisotopic (exact) mass is 309 g/mol. The van der Waals surface area contributed by atoms with Gasteiger partial charge in [-0.2, -0.15) is 8.78 Å². The van der Waals surface area contributed by atoms with Crippen LogP contribution in [0.5, 0.6) is 0 Å². The van der Waals surface area contributed by atoms with Crippen LogP contribution in [0.3, 0.4) is 0 Å². The Labute approximate surface area is 115 Å². The van der Waals surface area contributed by atoms with Gasteiger partial charge in [0, 0.05) is 16.3 Å². The standard InChI is InChI=1S/C10H8ClF4N5/c11-5-1-2-6(7(16)3-5)8-17-18-19-20(8)4-10(14,15)9(12)13/h1-3,9H,4,16H2. The maximum absolute atomic E-state index is 13.1. The second kappa shape index (κ2) is 5.23. The lowest BCUT2D eigenvalue weighted by atomic mass is 10.1. The highest BCUT2D eigenvalue weighted by molar-refractivity contribution is 6.31. The molecular weight excluding hydrogens is 302 g/mol. The summed E-state index contributed by atoms with van der Waals surface area (Å²) in [6, 6.07) is 4.25. The number of halogens is 5. The second-order valence-corrected chi connectivity index (χ2v) is 4.39. The van der Waals surface area contributed by atoms with Crippen LogP contribution in [0.25, 0.3) is 11.4 Å². The smallest absolute Gasteiger partial charge is 0.326 e. The molecule has 2 rings (SSSR count). The maximum Gasteiger partial charge on any atom is 0.326 e. The van der Waals surface area contributed by atoms with Crippen LogP contribution in [0.4, 0.5) is 23.2 Å². The van der Waals surface area contributed by atoms with Gasteiger partial charge in [0.15, 0.2) is 5.82 Å². The first kappa shape index (κ1) is 14.5. The molecule has 0 aliphatic rings. The average Bonchev–Trinajstić information content (AvgIpc) is 2.76. The molecule has 0 aliphatic carbocycles. The van der Waals surface area contributed by atoms with Crippen LogP contribution < -0.4 is 5.73 Å². The third kappa shape index (κ3) is 2.82. The molecule has 2 aromatic rings.